The first kappa shape index (κ1) is 23.0. The van der Waals surface area contributed by atoms with Gasteiger partial charge < -0.3 is 18.4 Å². The van der Waals surface area contributed by atoms with E-state index in [0.29, 0.717) is 40.5 Å². The number of ether oxygens (including phenoxy) is 2. The summed E-state index contributed by atoms with van der Waals surface area (Å²) in [6.07, 6.45) is 0. The van der Waals surface area contributed by atoms with Crippen molar-refractivity contribution in [2.75, 3.05) is 6.61 Å². The zero-order chi connectivity index (χ0) is 25.1. The number of aromatic nitrogens is 2. The van der Waals surface area contributed by atoms with Crippen LogP contribution in [0.3, 0.4) is 0 Å². The lowest BCUT2D eigenvalue weighted by Crippen LogP contribution is -2.11. The lowest BCUT2D eigenvalue weighted by Gasteiger charge is -2.10. The van der Waals surface area contributed by atoms with E-state index in [4.69, 9.17) is 18.4 Å². The minimum absolute atomic E-state index is 0.118. The Bertz CT molecular complexity index is 1600. The van der Waals surface area contributed by atoms with Gasteiger partial charge >= 0.3 is 5.97 Å². The molecule has 0 amide bonds. The second kappa shape index (κ2) is 9.87. The zero-order valence-electron chi connectivity index (χ0n) is 19.7. The summed E-state index contributed by atoms with van der Waals surface area (Å²) in [6.45, 7) is 3.83. The number of carbonyl (C=O) groups is 1. The van der Waals surface area contributed by atoms with Crippen LogP contribution in [-0.2, 0) is 11.3 Å². The minimum atomic E-state index is -0.680. The van der Waals surface area contributed by atoms with Gasteiger partial charge in [0.05, 0.1) is 17.6 Å². The average molecular weight is 482 g/mol. The molecule has 0 spiro atoms. The van der Waals surface area contributed by atoms with Crippen LogP contribution in [0.25, 0.3) is 33.7 Å². The number of carbonyl (C=O) groups excluding carboxylic acids is 1. The molecule has 2 aromatic heterocycles. The molecule has 0 aliphatic rings. The molecular weight excluding hydrogens is 460 g/mol. The number of esters is 1. The molecule has 0 saturated carbocycles. The smallest absolute Gasteiger partial charge is 0.342 e. The van der Waals surface area contributed by atoms with Crippen molar-refractivity contribution in [3.63, 3.8) is 0 Å². The van der Waals surface area contributed by atoms with Crippen molar-refractivity contribution in [1.82, 2.24) is 10.1 Å². The van der Waals surface area contributed by atoms with Crippen LogP contribution < -0.4 is 10.2 Å². The lowest BCUT2D eigenvalue weighted by molar-refractivity contribution is 0.0431. The van der Waals surface area contributed by atoms with Gasteiger partial charge in [0.15, 0.2) is 17.6 Å². The van der Waals surface area contributed by atoms with Gasteiger partial charge in [0.25, 0.3) is 5.89 Å². The maximum Gasteiger partial charge on any atom is 0.342 e. The van der Waals surface area contributed by atoms with Crippen molar-refractivity contribution in [2.45, 2.75) is 20.5 Å². The van der Waals surface area contributed by atoms with Crippen LogP contribution in [0.2, 0.25) is 0 Å². The van der Waals surface area contributed by atoms with Crippen LogP contribution in [0, 0.1) is 6.92 Å². The van der Waals surface area contributed by atoms with Crippen LogP contribution >= 0.6 is 0 Å². The van der Waals surface area contributed by atoms with E-state index in [1.807, 2.05) is 61.5 Å². The van der Waals surface area contributed by atoms with Gasteiger partial charge in [-0.2, -0.15) is 4.98 Å². The van der Waals surface area contributed by atoms with Gasteiger partial charge in [-0.05, 0) is 38.1 Å². The molecule has 5 aromatic rings. The molecule has 0 fully saturated rings. The number of hydrogen-bond acceptors (Lipinski definition) is 8. The van der Waals surface area contributed by atoms with Gasteiger partial charge in [-0.15, -0.1) is 0 Å². The summed E-state index contributed by atoms with van der Waals surface area (Å²) in [5, 5.41) is 4.28. The second-order valence-corrected chi connectivity index (χ2v) is 7.95. The van der Waals surface area contributed by atoms with E-state index in [1.165, 1.54) is 0 Å². The van der Waals surface area contributed by atoms with E-state index < -0.39 is 5.97 Å². The topological polar surface area (TPSA) is 105 Å². The first-order valence-electron chi connectivity index (χ1n) is 11.4. The van der Waals surface area contributed by atoms with Crippen molar-refractivity contribution in [3.8, 4) is 28.5 Å². The molecule has 0 atom stereocenters. The molecule has 36 heavy (non-hydrogen) atoms. The summed E-state index contributed by atoms with van der Waals surface area (Å²) in [5.41, 5.74) is 1.95. The van der Waals surface area contributed by atoms with Gasteiger partial charge in [-0.25, -0.2) is 4.79 Å². The third-order valence-electron chi connectivity index (χ3n) is 5.62. The molecule has 0 N–H and O–H groups in total. The molecule has 180 valence electrons. The monoisotopic (exact) mass is 482 g/mol. The van der Waals surface area contributed by atoms with Crippen LogP contribution in [0.4, 0.5) is 0 Å². The second-order valence-electron chi connectivity index (χ2n) is 7.95. The van der Waals surface area contributed by atoms with Gasteiger partial charge in [0.2, 0.25) is 5.82 Å². The van der Waals surface area contributed by atoms with E-state index in [2.05, 4.69) is 10.1 Å². The van der Waals surface area contributed by atoms with Crippen LogP contribution in [0.5, 0.6) is 5.75 Å². The first-order valence-corrected chi connectivity index (χ1v) is 11.4. The predicted octanol–water partition coefficient (Wildman–Crippen LogP) is 5.57. The summed E-state index contributed by atoms with van der Waals surface area (Å²) in [5.74, 6) is 0.792. The van der Waals surface area contributed by atoms with E-state index >= 15 is 0 Å². The van der Waals surface area contributed by atoms with Gasteiger partial charge in [-0.3, -0.25) is 4.79 Å². The molecule has 3 aromatic carbocycles. The maximum atomic E-state index is 13.0. The van der Waals surface area contributed by atoms with E-state index in [1.54, 1.807) is 25.1 Å². The molecule has 5 rings (SSSR count). The van der Waals surface area contributed by atoms with Gasteiger partial charge in [-0.1, -0.05) is 53.7 Å². The highest BCUT2D eigenvalue weighted by molar-refractivity contribution is 6.02. The summed E-state index contributed by atoms with van der Waals surface area (Å²) in [4.78, 5) is 30.4. The standard InChI is InChI=1S/C28H22N2O6/c1-3-33-22-15-8-7-12-19(22)27-29-23(36-30-27)16-34-28(32)21-14-9-13-20-24(31)17(2)25(35-26(20)21)18-10-5-4-6-11-18/h4-15H,3,16H2,1-2H3. The fourth-order valence-electron chi connectivity index (χ4n) is 3.90. The predicted molar refractivity (Wildman–Crippen MR) is 133 cm³/mol. The quantitative estimate of drug-likeness (QED) is 0.277. The van der Waals surface area contributed by atoms with Crippen molar-refractivity contribution >= 4 is 16.9 Å². The molecular formula is C28H22N2O6. The minimum Gasteiger partial charge on any atom is -0.493 e. The van der Waals surface area contributed by atoms with Crippen molar-refractivity contribution < 1.29 is 23.2 Å². The fourth-order valence-corrected chi connectivity index (χ4v) is 3.90. The number of hydrogen-bond donors (Lipinski definition) is 0. The van der Waals surface area contributed by atoms with E-state index in [9.17, 15) is 9.59 Å². The first-order chi connectivity index (χ1) is 17.6. The molecule has 8 heteroatoms. The Morgan fingerprint density at radius 1 is 0.972 bits per heavy atom. The number of nitrogens with zero attached hydrogens (tertiary/aromatic N) is 2. The molecule has 0 radical (unpaired) electrons. The Hall–Kier alpha value is -4.72. The molecule has 0 aliphatic heterocycles. The number of benzene rings is 3. The Labute approximate surface area is 206 Å². The fraction of sp³-hybridized carbons (Fsp3) is 0.143. The van der Waals surface area contributed by atoms with Gasteiger partial charge in [0.1, 0.15) is 17.1 Å². The van der Waals surface area contributed by atoms with Gasteiger partial charge in [0, 0.05) is 11.1 Å². The number of para-hydroxylation sites is 2. The largest absolute Gasteiger partial charge is 0.493 e. The highest BCUT2D eigenvalue weighted by Gasteiger charge is 2.20. The van der Waals surface area contributed by atoms with E-state index in [-0.39, 0.29) is 29.1 Å². The maximum absolute atomic E-state index is 13.0. The molecule has 0 bridgehead atoms. The average Bonchev–Trinajstić information content (AvgIpc) is 3.39. The third-order valence-corrected chi connectivity index (χ3v) is 5.62. The van der Waals surface area contributed by atoms with Crippen molar-refractivity contribution in [2.24, 2.45) is 0 Å². The van der Waals surface area contributed by atoms with Crippen molar-refractivity contribution in [1.29, 1.82) is 0 Å². The molecule has 8 nitrogen and oxygen atoms in total. The van der Waals surface area contributed by atoms with Crippen molar-refractivity contribution in [3.05, 3.63) is 100 Å². The van der Waals surface area contributed by atoms with Crippen LogP contribution in [-0.4, -0.2) is 22.7 Å². The molecule has 2 heterocycles. The normalized spacial score (nSPS) is 10.9. The Morgan fingerprint density at radius 3 is 2.56 bits per heavy atom. The summed E-state index contributed by atoms with van der Waals surface area (Å²) in [7, 11) is 0. The third kappa shape index (κ3) is 4.36. The van der Waals surface area contributed by atoms with E-state index in [0.717, 1.165) is 5.56 Å². The van der Waals surface area contributed by atoms with Crippen LogP contribution in [0.15, 0.2) is 86.5 Å². The zero-order valence-corrected chi connectivity index (χ0v) is 19.7. The number of fused-ring (bicyclic) bond motifs is 1. The lowest BCUT2D eigenvalue weighted by atomic mass is 10.0. The molecule has 0 saturated heterocycles. The highest BCUT2D eigenvalue weighted by Crippen LogP contribution is 2.29. The summed E-state index contributed by atoms with van der Waals surface area (Å²) in [6, 6.07) is 21.4. The summed E-state index contributed by atoms with van der Waals surface area (Å²) >= 11 is 0. The number of rotatable bonds is 7. The Morgan fingerprint density at radius 2 is 1.75 bits per heavy atom. The SMILES string of the molecule is CCOc1ccccc1-c1noc(COC(=O)c2cccc3c(=O)c(C)c(-c4ccccc4)oc23)n1. The highest BCUT2D eigenvalue weighted by atomic mass is 16.6. The Balaban J connectivity index is 1.42. The molecule has 0 aliphatic carbocycles. The van der Waals surface area contributed by atoms with Crippen LogP contribution in [0.1, 0.15) is 28.7 Å². The molecule has 0 unspecified atom stereocenters. The Kier molecular flexibility index (Phi) is 6.32. The summed E-state index contributed by atoms with van der Waals surface area (Å²) < 4.78 is 22.4.